The summed E-state index contributed by atoms with van der Waals surface area (Å²) >= 11 is 5.95. The molecule has 0 radical (unpaired) electrons. The molecule has 24 heavy (non-hydrogen) atoms. The highest BCUT2D eigenvalue weighted by atomic mass is 35.5. The minimum atomic E-state index is -4.56. The summed E-state index contributed by atoms with van der Waals surface area (Å²) in [6, 6.07) is 8.15. The number of pyridine rings is 1. The third-order valence-electron chi connectivity index (χ3n) is 3.79. The van der Waals surface area contributed by atoms with E-state index in [0.29, 0.717) is 17.5 Å². The lowest BCUT2D eigenvalue weighted by Gasteiger charge is -2.08. The van der Waals surface area contributed by atoms with Crippen molar-refractivity contribution in [3.63, 3.8) is 0 Å². The zero-order valence-corrected chi connectivity index (χ0v) is 13.3. The molecule has 3 aromatic rings. The fraction of sp³-hybridized carbons (Fsp3) is 0.176. The molecule has 2 aromatic heterocycles. The number of nitrogens with zero attached hydrogens (tertiary/aromatic N) is 2. The first kappa shape index (κ1) is 16.5. The predicted octanol–water partition coefficient (Wildman–Crippen LogP) is 5.05. The summed E-state index contributed by atoms with van der Waals surface area (Å²) in [6.07, 6.45) is -2.39. The summed E-state index contributed by atoms with van der Waals surface area (Å²) in [5.74, 6) is 0. The minimum Gasteiger partial charge on any atom is -0.296 e. The molecule has 0 bridgehead atoms. The van der Waals surface area contributed by atoms with Crippen molar-refractivity contribution >= 4 is 23.5 Å². The number of hydrogen-bond donors (Lipinski definition) is 0. The zero-order valence-electron chi connectivity index (χ0n) is 12.6. The number of aryl methyl sites for hydroxylation is 1. The van der Waals surface area contributed by atoms with Crippen LogP contribution in [-0.4, -0.2) is 15.7 Å². The molecule has 3 rings (SSSR count). The molecule has 0 N–H and O–H groups in total. The van der Waals surface area contributed by atoms with Gasteiger partial charge in [-0.15, -0.1) is 0 Å². The van der Waals surface area contributed by atoms with Crippen LogP contribution in [0.4, 0.5) is 13.2 Å². The SMILES string of the molecule is CCc1ccc(-c2nc3c(Cl)cc(C(F)(F)F)cn3c2C=O)cc1. The number of fused-ring (bicyclic) bond motifs is 1. The van der Waals surface area contributed by atoms with E-state index < -0.39 is 11.7 Å². The Labute approximate surface area is 140 Å². The van der Waals surface area contributed by atoms with Crippen LogP contribution in [0.15, 0.2) is 36.5 Å². The van der Waals surface area contributed by atoms with Gasteiger partial charge in [-0.05, 0) is 18.1 Å². The molecule has 0 saturated carbocycles. The molecule has 0 aliphatic heterocycles. The second kappa shape index (κ2) is 5.94. The summed E-state index contributed by atoms with van der Waals surface area (Å²) in [4.78, 5) is 15.8. The average molecular weight is 353 g/mol. The van der Waals surface area contributed by atoms with Crippen LogP contribution in [0.3, 0.4) is 0 Å². The molecule has 0 saturated heterocycles. The molecule has 0 aliphatic rings. The van der Waals surface area contributed by atoms with Gasteiger partial charge in [0.05, 0.1) is 10.6 Å². The van der Waals surface area contributed by atoms with Gasteiger partial charge in [0.15, 0.2) is 11.9 Å². The van der Waals surface area contributed by atoms with E-state index in [1.54, 1.807) is 12.1 Å². The molecule has 124 valence electrons. The van der Waals surface area contributed by atoms with Crippen LogP contribution in [0.25, 0.3) is 16.9 Å². The second-order valence-electron chi connectivity index (χ2n) is 5.28. The molecular weight excluding hydrogens is 341 g/mol. The van der Waals surface area contributed by atoms with Crippen LogP contribution in [0.1, 0.15) is 28.5 Å². The predicted molar refractivity (Wildman–Crippen MR) is 85.4 cm³/mol. The lowest BCUT2D eigenvalue weighted by Crippen LogP contribution is -2.07. The van der Waals surface area contributed by atoms with Gasteiger partial charge in [0, 0.05) is 11.8 Å². The maximum absolute atomic E-state index is 13.0. The number of aromatic nitrogens is 2. The van der Waals surface area contributed by atoms with E-state index in [4.69, 9.17) is 11.6 Å². The first-order chi connectivity index (χ1) is 11.3. The van der Waals surface area contributed by atoms with E-state index in [2.05, 4.69) is 4.98 Å². The molecule has 0 amide bonds. The Kier molecular flexibility index (Phi) is 4.09. The molecule has 0 aliphatic carbocycles. The number of alkyl halides is 3. The Hall–Kier alpha value is -2.34. The monoisotopic (exact) mass is 352 g/mol. The van der Waals surface area contributed by atoms with Gasteiger partial charge in [0.25, 0.3) is 0 Å². The lowest BCUT2D eigenvalue weighted by molar-refractivity contribution is -0.137. The van der Waals surface area contributed by atoms with Crippen molar-refractivity contribution in [1.82, 2.24) is 9.38 Å². The highest BCUT2D eigenvalue weighted by molar-refractivity contribution is 6.33. The van der Waals surface area contributed by atoms with Gasteiger partial charge < -0.3 is 0 Å². The van der Waals surface area contributed by atoms with Crippen LogP contribution < -0.4 is 0 Å². The Bertz CT molecular complexity index is 914. The highest BCUT2D eigenvalue weighted by Crippen LogP contribution is 2.34. The van der Waals surface area contributed by atoms with Gasteiger partial charge >= 0.3 is 6.18 Å². The molecule has 3 nitrogen and oxygen atoms in total. The smallest absolute Gasteiger partial charge is 0.296 e. The maximum Gasteiger partial charge on any atom is 0.417 e. The van der Waals surface area contributed by atoms with Crippen molar-refractivity contribution < 1.29 is 18.0 Å². The van der Waals surface area contributed by atoms with Gasteiger partial charge in [-0.25, -0.2) is 4.98 Å². The molecule has 0 unspecified atom stereocenters. The minimum absolute atomic E-state index is 0.0299. The van der Waals surface area contributed by atoms with Crippen molar-refractivity contribution in [1.29, 1.82) is 0 Å². The summed E-state index contributed by atoms with van der Waals surface area (Å²) in [5, 5.41) is -0.163. The van der Waals surface area contributed by atoms with Crippen LogP contribution in [0.5, 0.6) is 0 Å². The van der Waals surface area contributed by atoms with Gasteiger partial charge in [0.2, 0.25) is 0 Å². The fourth-order valence-corrected chi connectivity index (χ4v) is 2.75. The quantitative estimate of drug-likeness (QED) is 0.618. The maximum atomic E-state index is 13.0. The number of halogens is 4. The number of carbonyl (C=O) groups excluding carboxylic acids is 1. The summed E-state index contributed by atoms with van der Waals surface area (Å²) in [6.45, 7) is 2.01. The standard InChI is InChI=1S/C17H12ClF3N2O/c1-2-10-3-5-11(6-4-10)15-14(9-24)23-8-12(17(19,20)21)7-13(18)16(23)22-15/h3-9H,2H2,1H3. The normalized spacial score (nSPS) is 11.9. The third-order valence-corrected chi connectivity index (χ3v) is 4.06. The number of hydrogen-bond acceptors (Lipinski definition) is 2. The Morgan fingerprint density at radius 3 is 2.46 bits per heavy atom. The number of benzene rings is 1. The zero-order chi connectivity index (χ0) is 17.5. The number of aldehydes is 1. The Morgan fingerprint density at radius 2 is 1.92 bits per heavy atom. The number of rotatable bonds is 3. The summed E-state index contributed by atoms with van der Waals surface area (Å²) in [7, 11) is 0. The van der Waals surface area contributed by atoms with Gasteiger partial charge in [0.1, 0.15) is 11.4 Å². The van der Waals surface area contributed by atoms with Gasteiger partial charge in [-0.1, -0.05) is 42.8 Å². The lowest BCUT2D eigenvalue weighted by atomic mass is 10.1. The average Bonchev–Trinajstić information content (AvgIpc) is 2.93. The van der Waals surface area contributed by atoms with Gasteiger partial charge in [-0.3, -0.25) is 9.20 Å². The summed E-state index contributed by atoms with van der Waals surface area (Å²) in [5.41, 5.74) is 1.25. The highest BCUT2D eigenvalue weighted by Gasteiger charge is 2.32. The molecule has 0 spiro atoms. The molecule has 7 heteroatoms. The van der Waals surface area contributed by atoms with E-state index in [1.807, 2.05) is 19.1 Å². The van der Waals surface area contributed by atoms with Crippen LogP contribution in [0, 0.1) is 0 Å². The largest absolute Gasteiger partial charge is 0.417 e. The van der Waals surface area contributed by atoms with E-state index in [1.165, 1.54) is 0 Å². The molecule has 1 aromatic carbocycles. The van der Waals surface area contributed by atoms with Crippen molar-refractivity contribution in [3.05, 3.63) is 58.4 Å². The Balaban J connectivity index is 2.26. The van der Waals surface area contributed by atoms with E-state index >= 15 is 0 Å². The first-order valence-corrected chi connectivity index (χ1v) is 7.56. The van der Waals surface area contributed by atoms with Crippen molar-refractivity contribution in [2.45, 2.75) is 19.5 Å². The van der Waals surface area contributed by atoms with E-state index in [0.717, 1.165) is 28.6 Å². The third kappa shape index (κ3) is 2.78. The molecule has 2 heterocycles. The summed E-state index contributed by atoms with van der Waals surface area (Å²) < 4.78 is 40.0. The fourth-order valence-electron chi connectivity index (χ4n) is 2.50. The van der Waals surface area contributed by atoms with Crippen LogP contribution >= 0.6 is 11.6 Å². The van der Waals surface area contributed by atoms with E-state index in [9.17, 15) is 18.0 Å². The number of carbonyl (C=O) groups is 1. The van der Waals surface area contributed by atoms with Crippen molar-refractivity contribution in [2.75, 3.05) is 0 Å². The van der Waals surface area contributed by atoms with Crippen molar-refractivity contribution in [3.8, 4) is 11.3 Å². The van der Waals surface area contributed by atoms with E-state index in [-0.39, 0.29) is 16.4 Å². The van der Waals surface area contributed by atoms with Crippen LogP contribution in [0.2, 0.25) is 5.02 Å². The first-order valence-electron chi connectivity index (χ1n) is 7.18. The Morgan fingerprint density at radius 1 is 1.25 bits per heavy atom. The number of imidazole rings is 1. The molecular formula is C17H12ClF3N2O. The second-order valence-corrected chi connectivity index (χ2v) is 5.69. The van der Waals surface area contributed by atoms with Crippen molar-refractivity contribution in [2.24, 2.45) is 0 Å². The molecule has 0 atom stereocenters. The van der Waals surface area contributed by atoms with Crippen LogP contribution in [-0.2, 0) is 12.6 Å². The molecule has 0 fully saturated rings. The van der Waals surface area contributed by atoms with Gasteiger partial charge in [-0.2, -0.15) is 13.2 Å². The topological polar surface area (TPSA) is 34.4 Å².